The van der Waals surface area contributed by atoms with Crippen molar-refractivity contribution in [3.05, 3.63) is 28.5 Å². The topological polar surface area (TPSA) is 0 Å². The number of allylic oxidation sites excluding steroid dienone is 2. The number of hydrogen-bond donors (Lipinski definition) is 0. The van der Waals surface area contributed by atoms with E-state index < -0.39 is 0 Å². The molecule has 1 heterocycles. The van der Waals surface area contributed by atoms with Gasteiger partial charge in [0.1, 0.15) is 0 Å². The maximum Gasteiger partial charge on any atom is -0.00181 e. The molecule has 2 unspecified atom stereocenters. The Labute approximate surface area is 90.7 Å². The summed E-state index contributed by atoms with van der Waals surface area (Å²) in [7, 11) is 0. The van der Waals surface area contributed by atoms with Crippen molar-refractivity contribution in [1.29, 1.82) is 0 Å². The zero-order chi connectivity index (χ0) is 9.97. The molecule has 0 radical (unpaired) electrons. The van der Waals surface area contributed by atoms with Gasteiger partial charge in [0.05, 0.1) is 0 Å². The van der Waals surface area contributed by atoms with Gasteiger partial charge < -0.3 is 0 Å². The Hall–Kier alpha value is -0.560. The molecular weight excluding hydrogens is 188 g/mol. The normalized spacial score (nSPS) is 26.6. The fraction of sp³-hybridized carbons (Fsp3) is 0.538. The molecule has 0 fully saturated rings. The van der Waals surface area contributed by atoms with Crippen LogP contribution in [-0.4, -0.2) is 0 Å². The van der Waals surface area contributed by atoms with Gasteiger partial charge in [-0.1, -0.05) is 26.3 Å². The largest absolute Gasteiger partial charge is 0.152 e. The van der Waals surface area contributed by atoms with Gasteiger partial charge in [-0.3, -0.25) is 0 Å². The fourth-order valence-electron chi connectivity index (χ4n) is 2.46. The second-order valence-corrected chi connectivity index (χ2v) is 4.93. The molecule has 1 aliphatic carbocycles. The summed E-state index contributed by atoms with van der Waals surface area (Å²) < 4.78 is 0. The van der Waals surface area contributed by atoms with Crippen molar-refractivity contribution in [1.82, 2.24) is 0 Å². The lowest BCUT2D eigenvalue weighted by molar-refractivity contribution is 0.403. The molecule has 14 heavy (non-hydrogen) atoms. The van der Waals surface area contributed by atoms with Crippen LogP contribution in [-0.2, 0) is 0 Å². The molecular formula is C13H18S. The van der Waals surface area contributed by atoms with E-state index in [-0.39, 0.29) is 0 Å². The van der Waals surface area contributed by atoms with Crippen LogP contribution in [0.1, 0.15) is 38.7 Å². The van der Waals surface area contributed by atoms with Crippen molar-refractivity contribution >= 4 is 16.9 Å². The minimum Gasteiger partial charge on any atom is -0.152 e. The highest BCUT2D eigenvalue weighted by atomic mass is 32.1. The van der Waals surface area contributed by atoms with Crippen molar-refractivity contribution in [3.63, 3.8) is 0 Å². The summed E-state index contributed by atoms with van der Waals surface area (Å²) in [5, 5.41) is 4.45. The Bertz CT molecular complexity index is 308. The Morgan fingerprint density at radius 1 is 1.36 bits per heavy atom. The van der Waals surface area contributed by atoms with Crippen LogP contribution in [0.25, 0.3) is 5.57 Å². The van der Waals surface area contributed by atoms with Crippen molar-refractivity contribution in [2.45, 2.75) is 33.1 Å². The van der Waals surface area contributed by atoms with Crippen LogP contribution in [0.4, 0.5) is 0 Å². The van der Waals surface area contributed by atoms with E-state index in [1.54, 1.807) is 16.9 Å². The molecule has 0 spiro atoms. The summed E-state index contributed by atoms with van der Waals surface area (Å²) >= 11 is 1.80. The Morgan fingerprint density at radius 3 is 2.71 bits per heavy atom. The smallest absolute Gasteiger partial charge is 0.00181 e. The molecule has 0 amide bonds. The van der Waals surface area contributed by atoms with E-state index in [1.165, 1.54) is 24.8 Å². The molecule has 0 aromatic carbocycles. The van der Waals surface area contributed by atoms with E-state index in [2.05, 4.69) is 36.7 Å². The standard InChI is InChI=1S/C13H18S/c1-3-10-7-13(8-11(10)4-2)12-5-6-14-9-12/h5-7,9-11H,3-4,8H2,1-2H3. The molecule has 1 aliphatic rings. The second-order valence-electron chi connectivity index (χ2n) is 4.15. The van der Waals surface area contributed by atoms with Crippen LogP contribution in [0.2, 0.25) is 0 Å². The van der Waals surface area contributed by atoms with Gasteiger partial charge in [-0.25, -0.2) is 0 Å². The van der Waals surface area contributed by atoms with Gasteiger partial charge in [0, 0.05) is 0 Å². The molecule has 0 saturated heterocycles. The Morgan fingerprint density at radius 2 is 2.21 bits per heavy atom. The first-order valence-corrected chi connectivity index (χ1v) is 6.52. The quantitative estimate of drug-likeness (QED) is 0.678. The molecule has 76 valence electrons. The summed E-state index contributed by atoms with van der Waals surface area (Å²) in [5.74, 6) is 1.73. The molecule has 2 rings (SSSR count). The Balaban J connectivity index is 2.16. The van der Waals surface area contributed by atoms with Gasteiger partial charge in [0.2, 0.25) is 0 Å². The maximum absolute atomic E-state index is 2.51. The number of rotatable bonds is 3. The predicted molar refractivity (Wildman–Crippen MR) is 64.5 cm³/mol. The highest BCUT2D eigenvalue weighted by Crippen LogP contribution is 2.39. The van der Waals surface area contributed by atoms with Gasteiger partial charge in [0.25, 0.3) is 0 Å². The summed E-state index contributed by atoms with van der Waals surface area (Å²) in [4.78, 5) is 0. The second kappa shape index (κ2) is 4.31. The minimum atomic E-state index is 0.829. The van der Waals surface area contributed by atoms with Crippen LogP contribution < -0.4 is 0 Å². The van der Waals surface area contributed by atoms with E-state index in [0.717, 1.165) is 11.8 Å². The third-order valence-corrected chi connectivity index (χ3v) is 4.07. The zero-order valence-corrected chi connectivity index (χ0v) is 9.81. The fourth-order valence-corrected chi connectivity index (χ4v) is 3.14. The average molecular weight is 206 g/mol. The molecule has 0 nitrogen and oxygen atoms in total. The lowest BCUT2D eigenvalue weighted by Gasteiger charge is -2.14. The summed E-state index contributed by atoms with van der Waals surface area (Å²) in [5.41, 5.74) is 3.05. The molecule has 0 bridgehead atoms. The van der Waals surface area contributed by atoms with Crippen LogP contribution in [0.15, 0.2) is 22.9 Å². The van der Waals surface area contributed by atoms with Crippen molar-refractivity contribution in [2.24, 2.45) is 11.8 Å². The van der Waals surface area contributed by atoms with Gasteiger partial charge in [-0.2, -0.15) is 11.3 Å². The van der Waals surface area contributed by atoms with E-state index in [9.17, 15) is 0 Å². The van der Waals surface area contributed by atoms with Crippen LogP contribution in [0.3, 0.4) is 0 Å². The van der Waals surface area contributed by atoms with Gasteiger partial charge in [-0.15, -0.1) is 0 Å². The summed E-state index contributed by atoms with van der Waals surface area (Å²) in [6.45, 7) is 4.62. The monoisotopic (exact) mass is 206 g/mol. The van der Waals surface area contributed by atoms with Gasteiger partial charge >= 0.3 is 0 Å². The first-order valence-electron chi connectivity index (χ1n) is 5.58. The van der Waals surface area contributed by atoms with Crippen LogP contribution in [0.5, 0.6) is 0 Å². The SMILES string of the molecule is CCC1C=C(c2ccsc2)CC1CC. The van der Waals surface area contributed by atoms with Crippen molar-refractivity contribution in [2.75, 3.05) is 0 Å². The lowest BCUT2D eigenvalue weighted by Crippen LogP contribution is -2.04. The van der Waals surface area contributed by atoms with Crippen molar-refractivity contribution < 1.29 is 0 Å². The van der Waals surface area contributed by atoms with E-state index >= 15 is 0 Å². The highest BCUT2D eigenvalue weighted by Gasteiger charge is 2.25. The lowest BCUT2D eigenvalue weighted by atomic mass is 9.91. The molecule has 0 N–H and O–H groups in total. The first kappa shape index (κ1) is 9.97. The zero-order valence-electron chi connectivity index (χ0n) is 8.99. The van der Waals surface area contributed by atoms with Crippen molar-refractivity contribution in [3.8, 4) is 0 Å². The van der Waals surface area contributed by atoms with Crippen LogP contribution >= 0.6 is 11.3 Å². The highest BCUT2D eigenvalue weighted by molar-refractivity contribution is 7.08. The summed E-state index contributed by atoms with van der Waals surface area (Å²) in [6, 6.07) is 2.25. The molecule has 0 saturated carbocycles. The molecule has 0 aliphatic heterocycles. The molecule has 1 aromatic heterocycles. The summed E-state index contributed by atoms with van der Waals surface area (Å²) in [6.07, 6.45) is 6.43. The van der Waals surface area contributed by atoms with Gasteiger partial charge in [-0.05, 0) is 52.6 Å². The first-order chi connectivity index (χ1) is 6.85. The molecule has 1 heteroatoms. The number of hydrogen-bond acceptors (Lipinski definition) is 1. The minimum absolute atomic E-state index is 0.829. The third-order valence-electron chi connectivity index (χ3n) is 3.39. The third kappa shape index (κ3) is 1.78. The van der Waals surface area contributed by atoms with E-state index in [1.807, 2.05) is 0 Å². The predicted octanol–water partition coefficient (Wildman–Crippen LogP) is 4.59. The Kier molecular flexibility index (Phi) is 3.07. The number of thiophene rings is 1. The van der Waals surface area contributed by atoms with Gasteiger partial charge in [0.15, 0.2) is 0 Å². The molecule has 1 aromatic rings. The van der Waals surface area contributed by atoms with Crippen LogP contribution in [0, 0.1) is 11.8 Å². The maximum atomic E-state index is 2.51. The molecule has 2 atom stereocenters. The van der Waals surface area contributed by atoms with E-state index in [4.69, 9.17) is 0 Å². The average Bonchev–Trinajstić information content (AvgIpc) is 2.85. The van der Waals surface area contributed by atoms with E-state index in [0.29, 0.717) is 0 Å².